The maximum atomic E-state index is 11.9. The number of unbranched alkanes of at least 4 members (excludes halogenated alkanes) is 1. The third-order valence-corrected chi connectivity index (χ3v) is 4.91. The van der Waals surface area contributed by atoms with Crippen molar-refractivity contribution in [3.63, 3.8) is 0 Å². The molecule has 0 aromatic carbocycles. The highest BCUT2D eigenvalue weighted by Crippen LogP contribution is 2.19. The van der Waals surface area contributed by atoms with E-state index in [0.29, 0.717) is 26.1 Å². The SMILES string of the molecule is NCCCCS(=O)(=O)N1CCCC(CO)C1. The predicted molar refractivity (Wildman–Crippen MR) is 63.5 cm³/mol. The summed E-state index contributed by atoms with van der Waals surface area (Å²) in [6.45, 7) is 1.69. The number of rotatable bonds is 6. The Morgan fingerprint density at radius 3 is 2.75 bits per heavy atom. The van der Waals surface area contributed by atoms with E-state index < -0.39 is 10.0 Å². The highest BCUT2D eigenvalue weighted by Gasteiger charge is 2.27. The number of aliphatic hydroxyl groups excluding tert-OH is 1. The summed E-state index contributed by atoms with van der Waals surface area (Å²) < 4.78 is 25.4. The molecule has 1 aliphatic heterocycles. The Hall–Kier alpha value is -0.170. The Bertz CT molecular complexity index is 292. The van der Waals surface area contributed by atoms with Crippen LogP contribution in [0.2, 0.25) is 0 Å². The van der Waals surface area contributed by atoms with E-state index in [-0.39, 0.29) is 18.3 Å². The summed E-state index contributed by atoms with van der Waals surface area (Å²) in [6, 6.07) is 0. The van der Waals surface area contributed by atoms with Crippen molar-refractivity contribution in [2.45, 2.75) is 25.7 Å². The monoisotopic (exact) mass is 250 g/mol. The van der Waals surface area contributed by atoms with Gasteiger partial charge in [0.25, 0.3) is 0 Å². The van der Waals surface area contributed by atoms with Gasteiger partial charge in [0.2, 0.25) is 10.0 Å². The van der Waals surface area contributed by atoms with Crippen molar-refractivity contribution in [3.05, 3.63) is 0 Å². The van der Waals surface area contributed by atoms with Gasteiger partial charge >= 0.3 is 0 Å². The zero-order valence-corrected chi connectivity index (χ0v) is 10.5. The molecule has 1 unspecified atom stereocenters. The van der Waals surface area contributed by atoms with Gasteiger partial charge in [0.05, 0.1) is 5.75 Å². The summed E-state index contributed by atoms with van der Waals surface area (Å²) in [5, 5.41) is 9.05. The molecule has 3 N–H and O–H groups in total. The Morgan fingerprint density at radius 1 is 1.38 bits per heavy atom. The van der Waals surface area contributed by atoms with Crippen LogP contribution >= 0.6 is 0 Å². The lowest BCUT2D eigenvalue weighted by Crippen LogP contribution is -2.42. The van der Waals surface area contributed by atoms with Crippen molar-refractivity contribution in [2.75, 3.05) is 32.0 Å². The molecule has 6 heteroatoms. The fraction of sp³-hybridized carbons (Fsp3) is 1.00. The first-order valence-corrected chi connectivity index (χ1v) is 7.50. The first-order valence-electron chi connectivity index (χ1n) is 5.89. The number of aliphatic hydroxyl groups is 1. The molecule has 1 aliphatic rings. The lowest BCUT2D eigenvalue weighted by atomic mass is 10.0. The maximum absolute atomic E-state index is 11.9. The number of nitrogens with zero attached hydrogens (tertiary/aromatic N) is 1. The molecule has 0 aliphatic carbocycles. The second-order valence-electron chi connectivity index (χ2n) is 4.36. The van der Waals surface area contributed by atoms with Gasteiger partial charge in [-0.25, -0.2) is 12.7 Å². The van der Waals surface area contributed by atoms with Gasteiger partial charge in [0, 0.05) is 19.7 Å². The van der Waals surface area contributed by atoms with Gasteiger partial charge in [-0.3, -0.25) is 0 Å². The van der Waals surface area contributed by atoms with Crippen LogP contribution in [0, 0.1) is 5.92 Å². The molecule has 16 heavy (non-hydrogen) atoms. The molecule has 96 valence electrons. The van der Waals surface area contributed by atoms with Crippen LogP contribution in [0.3, 0.4) is 0 Å². The average Bonchev–Trinajstić information content (AvgIpc) is 2.29. The van der Waals surface area contributed by atoms with E-state index in [2.05, 4.69) is 0 Å². The van der Waals surface area contributed by atoms with Crippen molar-refractivity contribution < 1.29 is 13.5 Å². The molecule has 1 rings (SSSR count). The Morgan fingerprint density at radius 2 is 2.12 bits per heavy atom. The van der Waals surface area contributed by atoms with Gasteiger partial charge < -0.3 is 10.8 Å². The molecule has 0 radical (unpaired) electrons. The number of hydrogen-bond donors (Lipinski definition) is 2. The van der Waals surface area contributed by atoms with Crippen LogP contribution in [-0.4, -0.2) is 49.8 Å². The average molecular weight is 250 g/mol. The molecule has 0 aromatic rings. The van der Waals surface area contributed by atoms with Crippen LogP contribution in [0.5, 0.6) is 0 Å². The minimum absolute atomic E-state index is 0.0782. The zero-order valence-electron chi connectivity index (χ0n) is 9.64. The second kappa shape index (κ2) is 6.54. The first-order chi connectivity index (χ1) is 7.60. The van der Waals surface area contributed by atoms with Crippen molar-refractivity contribution in [1.82, 2.24) is 4.31 Å². The lowest BCUT2D eigenvalue weighted by molar-refractivity contribution is 0.165. The van der Waals surface area contributed by atoms with Gasteiger partial charge in [-0.05, 0) is 38.1 Å². The quantitative estimate of drug-likeness (QED) is 0.637. The fourth-order valence-electron chi connectivity index (χ4n) is 1.99. The predicted octanol–water partition coefficient (Wildman–Crippen LogP) is -0.241. The molecular formula is C10H22N2O3S. The molecular weight excluding hydrogens is 228 g/mol. The van der Waals surface area contributed by atoms with Crippen molar-refractivity contribution in [2.24, 2.45) is 11.7 Å². The van der Waals surface area contributed by atoms with Crippen LogP contribution in [0.1, 0.15) is 25.7 Å². The summed E-state index contributed by atoms with van der Waals surface area (Å²) in [5.74, 6) is 0.292. The van der Waals surface area contributed by atoms with E-state index in [1.807, 2.05) is 0 Å². The van der Waals surface area contributed by atoms with Crippen molar-refractivity contribution in [1.29, 1.82) is 0 Å². The maximum Gasteiger partial charge on any atom is 0.214 e. The van der Waals surface area contributed by atoms with E-state index in [9.17, 15) is 8.42 Å². The van der Waals surface area contributed by atoms with E-state index in [4.69, 9.17) is 10.8 Å². The standard InChI is InChI=1S/C10H22N2O3S/c11-5-1-2-7-16(14,15)12-6-3-4-10(8-12)9-13/h10,13H,1-9,11H2. The Labute approximate surface area is 97.7 Å². The minimum atomic E-state index is -3.13. The highest BCUT2D eigenvalue weighted by atomic mass is 32.2. The largest absolute Gasteiger partial charge is 0.396 e. The van der Waals surface area contributed by atoms with Gasteiger partial charge in [-0.2, -0.15) is 0 Å². The number of piperidine rings is 1. The molecule has 0 spiro atoms. The van der Waals surface area contributed by atoms with Crippen LogP contribution < -0.4 is 5.73 Å². The molecule has 1 atom stereocenters. The lowest BCUT2D eigenvalue weighted by Gasteiger charge is -2.30. The Kier molecular flexibility index (Phi) is 5.68. The van der Waals surface area contributed by atoms with Crippen LogP contribution in [0.25, 0.3) is 0 Å². The van der Waals surface area contributed by atoms with Gasteiger partial charge in [-0.15, -0.1) is 0 Å². The van der Waals surface area contributed by atoms with Crippen LogP contribution in [0.15, 0.2) is 0 Å². The number of hydrogen-bond acceptors (Lipinski definition) is 4. The highest BCUT2D eigenvalue weighted by molar-refractivity contribution is 7.89. The molecule has 1 saturated heterocycles. The van der Waals surface area contributed by atoms with Gasteiger partial charge in [0.15, 0.2) is 0 Å². The summed E-state index contributed by atoms with van der Waals surface area (Å²) in [6.07, 6.45) is 3.14. The molecule has 1 fully saturated rings. The molecule has 5 nitrogen and oxygen atoms in total. The smallest absolute Gasteiger partial charge is 0.214 e. The van der Waals surface area contributed by atoms with E-state index in [0.717, 1.165) is 19.3 Å². The normalized spacial score (nSPS) is 23.5. The number of sulfonamides is 1. The fourth-order valence-corrected chi connectivity index (χ4v) is 3.66. The number of nitrogens with two attached hydrogens (primary N) is 1. The van der Waals surface area contributed by atoms with Gasteiger partial charge in [-0.1, -0.05) is 0 Å². The van der Waals surface area contributed by atoms with E-state index in [1.54, 1.807) is 0 Å². The molecule has 0 saturated carbocycles. The minimum Gasteiger partial charge on any atom is -0.396 e. The Balaban J connectivity index is 2.47. The van der Waals surface area contributed by atoms with Crippen LogP contribution in [-0.2, 0) is 10.0 Å². The summed E-state index contributed by atoms with van der Waals surface area (Å²) in [4.78, 5) is 0. The molecule has 0 amide bonds. The topological polar surface area (TPSA) is 83.6 Å². The second-order valence-corrected chi connectivity index (χ2v) is 6.45. The first kappa shape index (κ1) is 13.9. The summed E-state index contributed by atoms with van der Waals surface area (Å²) >= 11 is 0. The van der Waals surface area contributed by atoms with E-state index in [1.165, 1.54) is 4.31 Å². The zero-order chi connectivity index (χ0) is 12.0. The molecule has 1 heterocycles. The third-order valence-electron chi connectivity index (χ3n) is 2.99. The summed E-state index contributed by atoms with van der Waals surface area (Å²) in [5.41, 5.74) is 5.34. The molecule has 0 aromatic heterocycles. The van der Waals surface area contributed by atoms with Gasteiger partial charge in [0.1, 0.15) is 0 Å². The third kappa shape index (κ3) is 4.01. The van der Waals surface area contributed by atoms with Crippen molar-refractivity contribution in [3.8, 4) is 0 Å². The van der Waals surface area contributed by atoms with Crippen molar-refractivity contribution >= 4 is 10.0 Å². The molecule has 0 bridgehead atoms. The van der Waals surface area contributed by atoms with Crippen LogP contribution in [0.4, 0.5) is 0 Å². The van der Waals surface area contributed by atoms with E-state index >= 15 is 0 Å². The summed E-state index contributed by atoms with van der Waals surface area (Å²) in [7, 11) is -3.13.